The van der Waals surface area contributed by atoms with Crippen molar-refractivity contribution >= 4 is 17.4 Å². The van der Waals surface area contributed by atoms with Crippen LogP contribution in [0.5, 0.6) is 5.75 Å². The minimum atomic E-state index is -0.864. The van der Waals surface area contributed by atoms with Crippen molar-refractivity contribution in [2.45, 2.75) is 13.0 Å². The summed E-state index contributed by atoms with van der Waals surface area (Å²) >= 11 is 5.60. The monoisotopic (exact) mass is 217 g/mol. The lowest BCUT2D eigenvalue weighted by Gasteiger charge is -2.07. The number of phenols is 1. The van der Waals surface area contributed by atoms with E-state index in [1.807, 2.05) is 0 Å². The van der Waals surface area contributed by atoms with Crippen LogP contribution in [-0.4, -0.2) is 16.9 Å². The van der Waals surface area contributed by atoms with Gasteiger partial charge in [-0.15, -0.1) is 0 Å². The van der Waals surface area contributed by atoms with Crippen molar-refractivity contribution < 1.29 is 14.3 Å². The van der Waals surface area contributed by atoms with Gasteiger partial charge in [0, 0.05) is 6.07 Å². The molecule has 3 N–H and O–H groups in total. The van der Waals surface area contributed by atoms with Gasteiger partial charge < -0.3 is 10.8 Å². The lowest BCUT2D eigenvalue weighted by atomic mass is 10.1. The first-order valence-electron chi connectivity index (χ1n) is 3.91. The number of halogens is 2. The average molecular weight is 218 g/mol. The number of hydrogen-bond donors (Lipinski definition) is 2. The molecule has 1 unspecified atom stereocenters. The molecular weight excluding hydrogens is 209 g/mol. The number of ketones is 1. The van der Waals surface area contributed by atoms with E-state index in [0.717, 1.165) is 12.1 Å². The van der Waals surface area contributed by atoms with Gasteiger partial charge in [0.15, 0.2) is 5.78 Å². The average Bonchev–Trinajstić information content (AvgIpc) is 2.01. The predicted octanol–water partition coefficient (Wildman–Crippen LogP) is 1.71. The van der Waals surface area contributed by atoms with Crippen molar-refractivity contribution in [1.82, 2.24) is 0 Å². The summed E-state index contributed by atoms with van der Waals surface area (Å²) in [5.74, 6) is -1.78. The summed E-state index contributed by atoms with van der Waals surface area (Å²) in [4.78, 5) is 11.4. The molecule has 0 radical (unpaired) electrons. The Hall–Kier alpha value is -1.13. The Kier molecular flexibility index (Phi) is 3.08. The molecule has 0 aromatic heterocycles. The quantitative estimate of drug-likeness (QED) is 0.742. The second-order valence-corrected chi connectivity index (χ2v) is 3.34. The molecule has 1 aromatic carbocycles. The van der Waals surface area contributed by atoms with Gasteiger partial charge in [-0.1, -0.05) is 11.6 Å². The number of rotatable bonds is 2. The van der Waals surface area contributed by atoms with E-state index in [4.69, 9.17) is 22.4 Å². The fraction of sp³-hybridized carbons (Fsp3) is 0.222. The number of carbonyl (C=O) groups is 1. The molecule has 76 valence electrons. The van der Waals surface area contributed by atoms with Gasteiger partial charge in [-0.05, 0) is 13.0 Å². The van der Waals surface area contributed by atoms with E-state index in [1.54, 1.807) is 0 Å². The molecule has 0 aliphatic rings. The van der Waals surface area contributed by atoms with Crippen molar-refractivity contribution in [1.29, 1.82) is 0 Å². The number of Topliss-reactive ketones (excluding diaryl/α,β-unsaturated/α-hetero) is 1. The van der Waals surface area contributed by atoms with E-state index in [2.05, 4.69) is 0 Å². The predicted molar refractivity (Wildman–Crippen MR) is 51.1 cm³/mol. The first-order chi connectivity index (χ1) is 6.43. The molecule has 0 heterocycles. The Morgan fingerprint density at radius 2 is 2.21 bits per heavy atom. The van der Waals surface area contributed by atoms with Gasteiger partial charge in [-0.2, -0.15) is 0 Å². The Morgan fingerprint density at radius 1 is 1.64 bits per heavy atom. The van der Waals surface area contributed by atoms with Crippen LogP contribution >= 0.6 is 11.6 Å². The molecule has 1 aromatic rings. The fourth-order valence-corrected chi connectivity index (χ4v) is 1.32. The molecule has 0 spiro atoms. The molecule has 0 fully saturated rings. The maximum absolute atomic E-state index is 13.2. The molecule has 3 nitrogen and oxygen atoms in total. The molecule has 0 amide bonds. The summed E-state index contributed by atoms with van der Waals surface area (Å²) < 4.78 is 13.2. The second kappa shape index (κ2) is 3.94. The zero-order valence-corrected chi connectivity index (χ0v) is 8.18. The normalized spacial score (nSPS) is 12.6. The number of aromatic hydroxyl groups is 1. The lowest BCUT2D eigenvalue weighted by Crippen LogP contribution is -2.27. The first kappa shape index (κ1) is 10.9. The van der Waals surface area contributed by atoms with Gasteiger partial charge in [0.1, 0.15) is 11.6 Å². The second-order valence-electron chi connectivity index (χ2n) is 2.94. The standard InChI is InChI=1S/C9H9ClFNO2/c1-4(12)9(14)8-6(10)2-5(13)3-7(8)11/h2-4,13H,12H2,1H3. The summed E-state index contributed by atoms with van der Waals surface area (Å²) in [5.41, 5.74) is 5.03. The molecular formula is C9H9ClFNO2. The zero-order valence-electron chi connectivity index (χ0n) is 7.42. The van der Waals surface area contributed by atoms with Crippen LogP contribution in [0.1, 0.15) is 17.3 Å². The van der Waals surface area contributed by atoms with Crippen molar-refractivity contribution in [2.24, 2.45) is 5.73 Å². The van der Waals surface area contributed by atoms with Gasteiger partial charge in [0.05, 0.1) is 16.6 Å². The van der Waals surface area contributed by atoms with Crippen molar-refractivity contribution in [3.63, 3.8) is 0 Å². The third-order valence-electron chi connectivity index (χ3n) is 1.69. The number of phenolic OH excluding ortho intramolecular Hbond substituents is 1. The van der Waals surface area contributed by atoms with E-state index in [9.17, 15) is 9.18 Å². The van der Waals surface area contributed by atoms with Crippen molar-refractivity contribution in [3.8, 4) is 5.75 Å². The summed E-state index contributed by atoms with van der Waals surface area (Å²) in [6, 6.07) is 1.09. The topological polar surface area (TPSA) is 63.3 Å². The lowest BCUT2D eigenvalue weighted by molar-refractivity contribution is 0.0964. The Bertz CT molecular complexity index is 356. The number of nitrogens with two attached hydrogens (primary N) is 1. The van der Waals surface area contributed by atoms with Gasteiger partial charge >= 0.3 is 0 Å². The Balaban J connectivity index is 3.28. The van der Waals surface area contributed by atoms with Crippen LogP contribution in [0.2, 0.25) is 5.02 Å². The third-order valence-corrected chi connectivity index (χ3v) is 1.98. The highest BCUT2D eigenvalue weighted by Crippen LogP contribution is 2.25. The minimum absolute atomic E-state index is 0.134. The first-order valence-corrected chi connectivity index (χ1v) is 4.29. The van der Waals surface area contributed by atoms with Gasteiger partial charge in [0.2, 0.25) is 0 Å². The van der Waals surface area contributed by atoms with E-state index in [1.165, 1.54) is 6.92 Å². The fourth-order valence-electron chi connectivity index (χ4n) is 1.02. The maximum atomic E-state index is 13.2. The van der Waals surface area contributed by atoms with Crippen LogP contribution in [0.15, 0.2) is 12.1 Å². The number of carbonyl (C=O) groups excluding carboxylic acids is 1. The highest BCUT2D eigenvalue weighted by Gasteiger charge is 2.19. The molecule has 0 saturated heterocycles. The maximum Gasteiger partial charge on any atom is 0.183 e. The Labute approximate surface area is 85.3 Å². The van der Waals surface area contributed by atoms with E-state index >= 15 is 0 Å². The van der Waals surface area contributed by atoms with E-state index in [-0.39, 0.29) is 16.3 Å². The summed E-state index contributed by atoms with van der Waals surface area (Å²) in [6.45, 7) is 1.44. The Morgan fingerprint density at radius 3 is 2.64 bits per heavy atom. The smallest absolute Gasteiger partial charge is 0.183 e. The van der Waals surface area contributed by atoms with Crippen LogP contribution in [0, 0.1) is 5.82 Å². The van der Waals surface area contributed by atoms with Gasteiger partial charge in [-0.25, -0.2) is 4.39 Å². The highest BCUT2D eigenvalue weighted by atomic mass is 35.5. The minimum Gasteiger partial charge on any atom is -0.508 e. The molecule has 0 saturated carbocycles. The molecule has 0 bridgehead atoms. The van der Waals surface area contributed by atoms with Gasteiger partial charge in [0.25, 0.3) is 0 Å². The molecule has 0 aliphatic heterocycles. The molecule has 5 heteroatoms. The van der Waals surface area contributed by atoms with E-state index in [0.29, 0.717) is 0 Å². The molecule has 1 atom stereocenters. The largest absolute Gasteiger partial charge is 0.508 e. The third kappa shape index (κ3) is 2.02. The molecule has 14 heavy (non-hydrogen) atoms. The zero-order chi connectivity index (χ0) is 10.9. The van der Waals surface area contributed by atoms with Crippen LogP contribution < -0.4 is 5.73 Å². The van der Waals surface area contributed by atoms with E-state index < -0.39 is 17.6 Å². The van der Waals surface area contributed by atoms with Crippen LogP contribution in [0.4, 0.5) is 4.39 Å². The van der Waals surface area contributed by atoms with Crippen LogP contribution in [0.25, 0.3) is 0 Å². The van der Waals surface area contributed by atoms with Crippen molar-refractivity contribution in [3.05, 3.63) is 28.5 Å². The van der Waals surface area contributed by atoms with Gasteiger partial charge in [-0.3, -0.25) is 4.79 Å². The van der Waals surface area contributed by atoms with Crippen LogP contribution in [0.3, 0.4) is 0 Å². The molecule has 0 aliphatic carbocycles. The number of hydrogen-bond acceptors (Lipinski definition) is 3. The highest BCUT2D eigenvalue weighted by molar-refractivity contribution is 6.34. The molecule has 1 rings (SSSR count). The summed E-state index contributed by atoms with van der Waals surface area (Å²) in [7, 11) is 0. The van der Waals surface area contributed by atoms with Crippen LogP contribution in [-0.2, 0) is 0 Å². The number of benzene rings is 1. The summed E-state index contributed by atoms with van der Waals surface area (Å²) in [5, 5.41) is 8.84. The summed E-state index contributed by atoms with van der Waals surface area (Å²) in [6.07, 6.45) is 0. The van der Waals surface area contributed by atoms with Crippen molar-refractivity contribution in [2.75, 3.05) is 0 Å². The SMILES string of the molecule is CC(N)C(=O)c1c(F)cc(O)cc1Cl.